The number of H-pyrrole nitrogens is 1. The largest absolute Gasteiger partial charge is 0.467 e. The second-order valence-electron chi connectivity index (χ2n) is 6.57. The van der Waals surface area contributed by atoms with Gasteiger partial charge in [-0.1, -0.05) is 29.8 Å². The number of hydrogen-bond acceptors (Lipinski definition) is 2. The summed E-state index contributed by atoms with van der Waals surface area (Å²) in [6, 6.07) is 15.6. The van der Waals surface area contributed by atoms with Gasteiger partial charge < -0.3 is 14.7 Å². The third-order valence-electron chi connectivity index (χ3n) is 4.76. The van der Waals surface area contributed by atoms with Gasteiger partial charge in [-0.25, -0.2) is 4.39 Å². The van der Waals surface area contributed by atoms with E-state index < -0.39 is 5.92 Å². The van der Waals surface area contributed by atoms with Crippen LogP contribution in [0.1, 0.15) is 29.2 Å². The number of hydrogen-bond donors (Lipinski definition) is 2. The number of carbonyl (C=O) groups excluding carboxylic acids is 1. The molecule has 0 saturated carbocycles. The molecule has 28 heavy (non-hydrogen) atoms. The van der Waals surface area contributed by atoms with E-state index in [1.807, 2.05) is 18.3 Å². The van der Waals surface area contributed by atoms with E-state index in [0.29, 0.717) is 16.3 Å². The molecule has 0 unspecified atom stereocenters. The Labute approximate surface area is 166 Å². The van der Waals surface area contributed by atoms with E-state index >= 15 is 0 Å². The second-order valence-corrected chi connectivity index (χ2v) is 7.00. The predicted molar refractivity (Wildman–Crippen MR) is 107 cm³/mol. The quantitative estimate of drug-likeness (QED) is 0.459. The molecule has 2 N–H and O–H groups in total. The van der Waals surface area contributed by atoms with Crippen LogP contribution in [0.25, 0.3) is 10.9 Å². The van der Waals surface area contributed by atoms with E-state index in [1.54, 1.807) is 42.7 Å². The molecule has 2 aromatic heterocycles. The monoisotopic (exact) mass is 396 g/mol. The molecule has 0 spiro atoms. The minimum absolute atomic E-state index is 0.0983. The fourth-order valence-corrected chi connectivity index (χ4v) is 3.58. The Bertz CT molecular complexity index is 1100. The first-order valence-electron chi connectivity index (χ1n) is 8.92. The minimum atomic E-state index is -0.454. The van der Waals surface area contributed by atoms with E-state index in [0.717, 1.165) is 16.5 Å². The fourth-order valence-electron chi connectivity index (χ4n) is 3.40. The average molecular weight is 397 g/mol. The number of benzene rings is 2. The Morgan fingerprint density at radius 2 is 2.00 bits per heavy atom. The van der Waals surface area contributed by atoms with Gasteiger partial charge in [-0.05, 0) is 47.5 Å². The highest BCUT2D eigenvalue weighted by atomic mass is 35.5. The maximum Gasteiger partial charge on any atom is 0.221 e. The summed E-state index contributed by atoms with van der Waals surface area (Å²) >= 11 is 6.16. The summed E-state index contributed by atoms with van der Waals surface area (Å²) in [7, 11) is 0. The van der Waals surface area contributed by atoms with Crippen molar-refractivity contribution < 1.29 is 13.6 Å². The number of fused-ring (bicyclic) bond motifs is 1. The molecule has 1 amide bonds. The smallest absolute Gasteiger partial charge is 0.221 e. The molecule has 0 fully saturated rings. The summed E-state index contributed by atoms with van der Waals surface area (Å²) in [5, 5.41) is 4.30. The molecule has 0 bridgehead atoms. The van der Waals surface area contributed by atoms with Gasteiger partial charge in [0.05, 0.1) is 12.8 Å². The zero-order valence-electron chi connectivity index (χ0n) is 14.9. The first kappa shape index (κ1) is 18.3. The number of rotatable bonds is 6. The summed E-state index contributed by atoms with van der Waals surface area (Å²) in [5.41, 5.74) is 2.18. The molecule has 4 aromatic rings. The molecule has 0 aliphatic heterocycles. The van der Waals surface area contributed by atoms with Crippen LogP contribution in [0.5, 0.6) is 0 Å². The first-order chi connectivity index (χ1) is 13.6. The van der Waals surface area contributed by atoms with Crippen LogP contribution in [0.3, 0.4) is 0 Å². The number of furan rings is 1. The Morgan fingerprint density at radius 1 is 1.14 bits per heavy atom. The molecule has 0 radical (unpaired) electrons. The van der Waals surface area contributed by atoms with Gasteiger partial charge in [0, 0.05) is 34.5 Å². The summed E-state index contributed by atoms with van der Waals surface area (Å²) in [6.45, 7) is 0.287. The first-order valence-corrected chi connectivity index (χ1v) is 9.29. The normalized spacial score (nSPS) is 12.2. The maximum atomic E-state index is 14.6. The van der Waals surface area contributed by atoms with Crippen molar-refractivity contribution in [3.63, 3.8) is 0 Å². The van der Waals surface area contributed by atoms with Gasteiger partial charge >= 0.3 is 0 Å². The Kier molecular flexibility index (Phi) is 5.17. The lowest BCUT2D eigenvalue weighted by Gasteiger charge is -2.18. The van der Waals surface area contributed by atoms with Crippen LogP contribution in [-0.2, 0) is 11.3 Å². The SMILES string of the molecule is O=C(C[C@@H](c1ccccc1F)c1c[nH]c2ccc(Cl)cc12)NCc1ccco1. The lowest BCUT2D eigenvalue weighted by molar-refractivity contribution is -0.121. The summed E-state index contributed by atoms with van der Waals surface area (Å²) in [6.07, 6.45) is 3.47. The van der Waals surface area contributed by atoms with Crippen molar-refractivity contribution in [1.29, 1.82) is 0 Å². The van der Waals surface area contributed by atoms with Crippen molar-refractivity contribution >= 4 is 28.4 Å². The predicted octanol–water partition coefficient (Wildman–Crippen LogP) is 5.39. The van der Waals surface area contributed by atoms with Gasteiger partial charge in [-0.15, -0.1) is 0 Å². The van der Waals surface area contributed by atoms with Crippen LogP contribution in [0.2, 0.25) is 5.02 Å². The maximum absolute atomic E-state index is 14.6. The van der Waals surface area contributed by atoms with Gasteiger partial charge in [0.1, 0.15) is 11.6 Å². The highest BCUT2D eigenvalue weighted by Crippen LogP contribution is 2.35. The molecule has 142 valence electrons. The highest BCUT2D eigenvalue weighted by molar-refractivity contribution is 6.31. The molecule has 0 aliphatic rings. The van der Waals surface area contributed by atoms with E-state index in [4.69, 9.17) is 16.0 Å². The third kappa shape index (κ3) is 3.80. The number of carbonyl (C=O) groups is 1. The Balaban J connectivity index is 1.67. The van der Waals surface area contributed by atoms with Gasteiger partial charge in [-0.3, -0.25) is 4.79 Å². The van der Waals surface area contributed by atoms with Crippen molar-refractivity contribution in [3.8, 4) is 0 Å². The number of nitrogens with one attached hydrogen (secondary N) is 2. The van der Waals surface area contributed by atoms with Crippen molar-refractivity contribution in [2.45, 2.75) is 18.9 Å². The fraction of sp³-hybridized carbons (Fsp3) is 0.136. The Morgan fingerprint density at radius 3 is 2.79 bits per heavy atom. The van der Waals surface area contributed by atoms with Crippen molar-refractivity contribution in [2.24, 2.45) is 0 Å². The van der Waals surface area contributed by atoms with Crippen LogP contribution in [0.4, 0.5) is 4.39 Å². The third-order valence-corrected chi connectivity index (χ3v) is 5.00. The van der Waals surface area contributed by atoms with E-state index in [-0.39, 0.29) is 24.7 Å². The van der Waals surface area contributed by atoms with Crippen molar-refractivity contribution in [2.75, 3.05) is 0 Å². The molecule has 2 heterocycles. The van der Waals surface area contributed by atoms with E-state index in [9.17, 15) is 9.18 Å². The highest BCUT2D eigenvalue weighted by Gasteiger charge is 2.24. The lowest BCUT2D eigenvalue weighted by atomic mass is 9.87. The number of halogens is 2. The molecule has 4 rings (SSSR count). The van der Waals surface area contributed by atoms with Crippen molar-refractivity contribution in [3.05, 3.63) is 94.8 Å². The molecular weight excluding hydrogens is 379 g/mol. The van der Waals surface area contributed by atoms with Crippen LogP contribution in [-0.4, -0.2) is 10.9 Å². The minimum Gasteiger partial charge on any atom is -0.467 e. The van der Waals surface area contributed by atoms with Crippen molar-refractivity contribution in [1.82, 2.24) is 10.3 Å². The molecule has 4 nitrogen and oxygen atoms in total. The standard InChI is InChI=1S/C22H18ClFN2O2/c23-14-7-8-21-18(10-14)19(13-25-21)17(16-5-1-2-6-20(16)24)11-22(27)26-12-15-4-3-9-28-15/h1-10,13,17,25H,11-12H2,(H,26,27)/t17-/m0/s1. The van der Waals surface area contributed by atoms with Gasteiger partial charge in [0.2, 0.25) is 5.91 Å². The van der Waals surface area contributed by atoms with Gasteiger partial charge in [0.15, 0.2) is 0 Å². The van der Waals surface area contributed by atoms with Gasteiger partial charge in [-0.2, -0.15) is 0 Å². The van der Waals surface area contributed by atoms with Crippen LogP contribution < -0.4 is 5.32 Å². The zero-order chi connectivity index (χ0) is 19.5. The zero-order valence-corrected chi connectivity index (χ0v) is 15.7. The molecular formula is C22H18ClFN2O2. The van der Waals surface area contributed by atoms with Crippen LogP contribution in [0.15, 0.2) is 71.5 Å². The van der Waals surface area contributed by atoms with Crippen LogP contribution >= 0.6 is 11.6 Å². The van der Waals surface area contributed by atoms with Crippen LogP contribution in [0, 0.1) is 5.82 Å². The van der Waals surface area contributed by atoms with E-state index in [1.165, 1.54) is 6.07 Å². The summed E-state index contributed by atoms with van der Waals surface area (Å²) < 4.78 is 19.8. The number of aromatic nitrogens is 1. The molecule has 2 aromatic carbocycles. The molecule has 6 heteroatoms. The van der Waals surface area contributed by atoms with Gasteiger partial charge in [0.25, 0.3) is 0 Å². The number of aromatic amines is 1. The topological polar surface area (TPSA) is 58.0 Å². The molecule has 0 saturated heterocycles. The summed E-state index contributed by atoms with van der Waals surface area (Å²) in [5.74, 6) is -0.330. The second kappa shape index (κ2) is 7.90. The summed E-state index contributed by atoms with van der Waals surface area (Å²) in [4.78, 5) is 15.8. The number of amides is 1. The average Bonchev–Trinajstić information content (AvgIpc) is 3.35. The Hall–Kier alpha value is -3.05. The lowest BCUT2D eigenvalue weighted by Crippen LogP contribution is -2.25. The van der Waals surface area contributed by atoms with E-state index in [2.05, 4.69) is 10.3 Å². The molecule has 1 atom stereocenters. The molecule has 0 aliphatic carbocycles.